The number of rotatable bonds is 4. The predicted molar refractivity (Wildman–Crippen MR) is 125 cm³/mol. The van der Waals surface area contributed by atoms with Crippen LogP contribution in [-0.2, 0) is 0 Å². The monoisotopic (exact) mass is 372 g/mol. The largest absolute Gasteiger partial charge is 0.0622 e. The molecule has 0 heterocycles. The third kappa shape index (κ3) is 3.67. The molecule has 2 aliphatic rings. The zero-order valence-corrected chi connectivity index (χ0v) is 16.7. The van der Waals surface area contributed by atoms with E-state index >= 15 is 0 Å². The van der Waals surface area contributed by atoms with Crippen LogP contribution in [0.5, 0.6) is 0 Å². The van der Waals surface area contributed by atoms with Crippen LogP contribution in [0.3, 0.4) is 0 Å². The fourth-order valence-electron chi connectivity index (χ4n) is 4.30. The average molecular weight is 373 g/mol. The minimum absolute atomic E-state index is 0.999. The van der Waals surface area contributed by atoms with Crippen LogP contribution in [0.4, 0.5) is 0 Å². The highest BCUT2D eigenvalue weighted by molar-refractivity contribution is 5.90. The highest BCUT2D eigenvalue weighted by Gasteiger charge is 2.16. The van der Waals surface area contributed by atoms with Gasteiger partial charge in [0.15, 0.2) is 0 Å². The summed E-state index contributed by atoms with van der Waals surface area (Å²) < 4.78 is 0. The molecule has 0 N–H and O–H groups in total. The Morgan fingerprint density at radius 1 is 0.448 bits per heavy atom. The molecule has 0 aliphatic heterocycles. The first-order valence-corrected chi connectivity index (χ1v) is 10.3. The van der Waals surface area contributed by atoms with Crippen LogP contribution in [0.25, 0.3) is 22.3 Å². The predicted octanol–water partition coefficient (Wildman–Crippen LogP) is 7.74. The number of hydrogen-bond donors (Lipinski definition) is 0. The fraction of sp³-hybridized carbons (Fsp3) is 0.103. The van der Waals surface area contributed by atoms with Crippen LogP contribution in [0.2, 0.25) is 0 Å². The van der Waals surface area contributed by atoms with Crippen LogP contribution in [0, 0.1) is 6.92 Å². The second kappa shape index (κ2) is 7.56. The molecule has 2 aliphatic carbocycles. The summed E-state index contributed by atoms with van der Waals surface area (Å²) in [5.41, 5.74) is 12.3. The van der Waals surface area contributed by atoms with E-state index in [0.717, 1.165) is 12.8 Å². The Labute approximate surface area is 173 Å². The van der Waals surface area contributed by atoms with Crippen LogP contribution in [0.15, 0.2) is 103 Å². The molecule has 0 heteroatoms. The second-order valence-corrected chi connectivity index (χ2v) is 7.94. The van der Waals surface area contributed by atoms with Gasteiger partial charge in [-0.25, -0.2) is 0 Å². The highest BCUT2D eigenvalue weighted by atomic mass is 14.2. The summed E-state index contributed by atoms with van der Waals surface area (Å²) in [6.45, 7) is 2.20. The molecule has 0 atom stereocenters. The topological polar surface area (TPSA) is 0 Å². The Kier molecular flexibility index (Phi) is 4.62. The molecule has 3 aromatic carbocycles. The minimum atomic E-state index is 0.999. The number of aryl methyl sites for hydroxylation is 1. The van der Waals surface area contributed by atoms with Gasteiger partial charge >= 0.3 is 0 Å². The smallest absolute Gasteiger partial charge is 0.00139 e. The average Bonchev–Trinajstić information content (AvgIpc) is 3.45. The van der Waals surface area contributed by atoms with Crippen molar-refractivity contribution in [3.63, 3.8) is 0 Å². The van der Waals surface area contributed by atoms with E-state index in [1.165, 1.54) is 50.1 Å². The molecule has 0 bridgehead atoms. The summed E-state index contributed by atoms with van der Waals surface area (Å²) in [6, 6.07) is 28.4. The van der Waals surface area contributed by atoms with Crippen molar-refractivity contribution in [1.82, 2.24) is 0 Å². The molecule has 0 saturated heterocycles. The van der Waals surface area contributed by atoms with Gasteiger partial charge in [0.1, 0.15) is 0 Å². The van der Waals surface area contributed by atoms with Crippen molar-refractivity contribution in [2.75, 3.05) is 0 Å². The van der Waals surface area contributed by atoms with E-state index in [0.29, 0.717) is 0 Å². The molecule has 0 unspecified atom stereocenters. The second-order valence-electron chi connectivity index (χ2n) is 7.94. The van der Waals surface area contributed by atoms with Crippen LogP contribution >= 0.6 is 0 Å². The fourth-order valence-corrected chi connectivity index (χ4v) is 4.30. The lowest BCUT2D eigenvalue weighted by atomic mass is 9.92. The molecule has 0 saturated carbocycles. The van der Waals surface area contributed by atoms with E-state index in [1.807, 2.05) is 0 Å². The zero-order chi connectivity index (χ0) is 19.6. The summed E-state index contributed by atoms with van der Waals surface area (Å²) in [5, 5.41) is 0. The molecule has 29 heavy (non-hydrogen) atoms. The lowest BCUT2D eigenvalue weighted by Gasteiger charge is -2.12. The van der Waals surface area contributed by atoms with Gasteiger partial charge < -0.3 is 0 Å². The van der Waals surface area contributed by atoms with Gasteiger partial charge in [-0.15, -0.1) is 0 Å². The summed E-state index contributed by atoms with van der Waals surface area (Å²) >= 11 is 0. The first-order valence-electron chi connectivity index (χ1n) is 10.3. The summed E-state index contributed by atoms with van der Waals surface area (Å²) in [7, 11) is 0. The molecular formula is C29H24. The molecule has 0 aromatic heterocycles. The molecule has 0 nitrogen and oxygen atoms in total. The van der Waals surface area contributed by atoms with Crippen LogP contribution < -0.4 is 0 Å². The van der Waals surface area contributed by atoms with Gasteiger partial charge in [0.05, 0.1) is 0 Å². The van der Waals surface area contributed by atoms with Crippen molar-refractivity contribution >= 4 is 22.3 Å². The molecule has 140 valence electrons. The van der Waals surface area contributed by atoms with E-state index in [-0.39, 0.29) is 0 Å². The maximum absolute atomic E-state index is 2.37. The van der Waals surface area contributed by atoms with E-state index < -0.39 is 0 Å². The van der Waals surface area contributed by atoms with E-state index in [2.05, 4.69) is 110 Å². The Morgan fingerprint density at radius 2 is 0.828 bits per heavy atom. The van der Waals surface area contributed by atoms with Crippen molar-refractivity contribution in [1.29, 1.82) is 0 Å². The lowest BCUT2D eigenvalue weighted by molar-refractivity contribution is 1.35. The number of hydrogen-bond acceptors (Lipinski definition) is 0. The van der Waals surface area contributed by atoms with Crippen molar-refractivity contribution < 1.29 is 0 Å². The van der Waals surface area contributed by atoms with Gasteiger partial charge in [-0.2, -0.15) is 0 Å². The number of benzene rings is 3. The molecule has 0 fully saturated rings. The summed E-state index contributed by atoms with van der Waals surface area (Å²) in [6.07, 6.45) is 11.1. The normalized spacial score (nSPS) is 15.6. The van der Waals surface area contributed by atoms with Crippen molar-refractivity contribution in [3.05, 3.63) is 131 Å². The molecule has 0 amide bonds. The van der Waals surface area contributed by atoms with Gasteiger partial charge in [-0.3, -0.25) is 0 Å². The highest BCUT2D eigenvalue weighted by Crippen LogP contribution is 2.38. The van der Waals surface area contributed by atoms with E-state index in [1.54, 1.807) is 0 Å². The Morgan fingerprint density at radius 3 is 1.24 bits per heavy atom. The molecule has 0 spiro atoms. The first kappa shape index (κ1) is 17.7. The van der Waals surface area contributed by atoms with Gasteiger partial charge in [-0.1, -0.05) is 97.1 Å². The van der Waals surface area contributed by atoms with Crippen molar-refractivity contribution in [2.24, 2.45) is 0 Å². The Bertz CT molecular complexity index is 1080. The molecule has 3 aromatic rings. The van der Waals surface area contributed by atoms with Crippen molar-refractivity contribution in [2.45, 2.75) is 19.8 Å². The first-order chi connectivity index (χ1) is 14.3. The van der Waals surface area contributed by atoms with E-state index in [9.17, 15) is 0 Å². The minimum Gasteiger partial charge on any atom is -0.0622 e. The Balaban J connectivity index is 1.36. The zero-order valence-electron chi connectivity index (χ0n) is 16.7. The summed E-state index contributed by atoms with van der Waals surface area (Å²) in [5.74, 6) is 0. The van der Waals surface area contributed by atoms with Gasteiger partial charge in [0.2, 0.25) is 0 Å². The third-order valence-electron chi connectivity index (χ3n) is 5.84. The molecule has 0 radical (unpaired) electrons. The van der Waals surface area contributed by atoms with Gasteiger partial charge in [-0.05, 0) is 75.9 Å². The maximum atomic E-state index is 2.37. The Hall–Kier alpha value is -3.38. The third-order valence-corrected chi connectivity index (χ3v) is 5.84. The quantitative estimate of drug-likeness (QED) is 0.439. The molecule has 5 rings (SSSR count). The lowest BCUT2D eigenvalue weighted by Crippen LogP contribution is -1.91. The van der Waals surface area contributed by atoms with Crippen molar-refractivity contribution in [3.8, 4) is 0 Å². The number of allylic oxidation sites excluding steroid dienone is 8. The van der Waals surface area contributed by atoms with Crippen LogP contribution in [0.1, 0.15) is 40.7 Å². The SMILES string of the molecule is Cc1cc(C2=CC=C(c3ccccc3)C2)cc(C2=CC=C(c3ccccc3)C2)c1. The summed E-state index contributed by atoms with van der Waals surface area (Å²) in [4.78, 5) is 0. The van der Waals surface area contributed by atoms with Gasteiger partial charge in [0, 0.05) is 0 Å². The standard InChI is InChI=1S/C29H24/c1-21-16-28(26-14-12-24(18-26)22-8-4-2-5-9-22)20-29(17-21)27-15-13-25(19-27)23-10-6-3-7-11-23/h2-17,20H,18-19H2,1H3. The van der Waals surface area contributed by atoms with E-state index in [4.69, 9.17) is 0 Å². The maximum Gasteiger partial charge on any atom is -0.00139 e. The van der Waals surface area contributed by atoms with Gasteiger partial charge in [0.25, 0.3) is 0 Å². The molecular weight excluding hydrogens is 348 g/mol. The van der Waals surface area contributed by atoms with Crippen LogP contribution in [-0.4, -0.2) is 0 Å².